The second kappa shape index (κ2) is 9.72. The number of unbranched alkanes of at least 4 members (excludes halogenated alkanes) is 2. The summed E-state index contributed by atoms with van der Waals surface area (Å²) in [5.41, 5.74) is 1.21. The van der Waals surface area contributed by atoms with Crippen molar-refractivity contribution < 1.29 is 4.74 Å². The van der Waals surface area contributed by atoms with Crippen molar-refractivity contribution in [3.05, 3.63) is 42.5 Å². The third-order valence-corrected chi connectivity index (χ3v) is 2.83. The molecule has 0 aliphatic rings. The third-order valence-electron chi connectivity index (χ3n) is 2.83. The SMILES string of the molecule is C=CCc1ccccc1OCCNCCCCC. The average Bonchev–Trinajstić information content (AvgIpc) is 2.40. The van der Waals surface area contributed by atoms with Gasteiger partial charge >= 0.3 is 0 Å². The van der Waals surface area contributed by atoms with E-state index in [-0.39, 0.29) is 0 Å². The number of nitrogens with one attached hydrogen (secondary N) is 1. The Kier molecular flexibility index (Phi) is 7.98. The van der Waals surface area contributed by atoms with E-state index in [9.17, 15) is 0 Å². The Hall–Kier alpha value is -1.28. The molecule has 0 atom stereocenters. The Balaban J connectivity index is 2.20. The molecule has 0 aliphatic heterocycles. The maximum Gasteiger partial charge on any atom is 0.122 e. The Bertz CT molecular complexity index is 336. The highest BCUT2D eigenvalue weighted by molar-refractivity contribution is 5.34. The lowest BCUT2D eigenvalue weighted by Crippen LogP contribution is -2.22. The van der Waals surface area contributed by atoms with Crippen molar-refractivity contribution in [1.82, 2.24) is 5.32 Å². The fourth-order valence-corrected chi connectivity index (χ4v) is 1.83. The maximum atomic E-state index is 5.79. The molecular weight excluding hydrogens is 222 g/mol. The van der Waals surface area contributed by atoms with Crippen LogP contribution in [0.25, 0.3) is 0 Å². The zero-order valence-corrected chi connectivity index (χ0v) is 11.5. The molecule has 0 unspecified atom stereocenters. The molecule has 0 heterocycles. The minimum atomic E-state index is 0.723. The van der Waals surface area contributed by atoms with Gasteiger partial charge in [0, 0.05) is 6.54 Å². The van der Waals surface area contributed by atoms with Gasteiger partial charge in [-0.05, 0) is 31.0 Å². The molecule has 2 nitrogen and oxygen atoms in total. The lowest BCUT2D eigenvalue weighted by atomic mass is 10.1. The molecule has 18 heavy (non-hydrogen) atoms. The van der Waals surface area contributed by atoms with Gasteiger partial charge in [-0.1, -0.05) is 44.0 Å². The van der Waals surface area contributed by atoms with Crippen LogP contribution in [0.3, 0.4) is 0 Å². The smallest absolute Gasteiger partial charge is 0.122 e. The number of ether oxygens (including phenoxy) is 1. The van der Waals surface area contributed by atoms with Crippen LogP contribution in [-0.4, -0.2) is 19.7 Å². The van der Waals surface area contributed by atoms with Crippen LogP contribution in [0.5, 0.6) is 5.75 Å². The van der Waals surface area contributed by atoms with E-state index in [1.54, 1.807) is 0 Å². The van der Waals surface area contributed by atoms with Crippen molar-refractivity contribution in [2.24, 2.45) is 0 Å². The van der Waals surface area contributed by atoms with E-state index < -0.39 is 0 Å². The molecule has 0 spiro atoms. The molecule has 1 aromatic rings. The van der Waals surface area contributed by atoms with Gasteiger partial charge in [0.25, 0.3) is 0 Å². The van der Waals surface area contributed by atoms with Gasteiger partial charge in [-0.15, -0.1) is 6.58 Å². The van der Waals surface area contributed by atoms with Gasteiger partial charge in [-0.2, -0.15) is 0 Å². The fourth-order valence-electron chi connectivity index (χ4n) is 1.83. The van der Waals surface area contributed by atoms with E-state index >= 15 is 0 Å². The molecule has 0 saturated heterocycles. The molecule has 0 aromatic heterocycles. The van der Waals surface area contributed by atoms with Crippen LogP contribution in [0.15, 0.2) is 36.9 Å². The van der Waals surface area contributed by atoms with E-state index in [0.29, 0.717) is 0 Å². The minimum absolute atomic E-state index is 0.723. The van der Waals surface area contributed by atoms with Crippen molar-refractivity contribution >= 4 is 0 Å². The molecule has 0 amide bonds. The van der Waals surface area contributed by atoms with Gasteiger partial charge in [0.2, 0.25) is 0 Å². The lowest BCUT2D eigenvalue weighted by Gasteiger charge is -2.10. The quantitative estimate of drug-likeness (QED) is 0.504. The van der Waals surface area contributed by atoms with Crippen LogP contribution in [-0.2, 0) is 6.42 Å². The summed E-state index contributed by atoms with van der Waals surface area (Å²) in [5, 5.41) is 3.40. The number of benzene rings is 1. The van der Waals surface area contributed by atoms with Crippen molar-refractivity contribution in [2.45, 2.75) is 32.6 Å². The summed E-state index contributed by atoms with van der Waals surface area (Å²) in [6.07, 6.45) is 6.60. The minimum Gasteiger partial charge on any atom is -0.492 e. The van der Waals surface area contributed by atoms with Gasteiger partial charge in [0.1, 0.15) is 12.4 Å². The number of hydrogen-bond donors (Lipinski definition) is 1. The molecule has 1 aromatic carbocycles. The van der Waals surface area contributed by atoms with Gasteiger partial charge in [-0.25, -0.2) is 0 Å². The second-order valence-corrected chi connectivity index (χ2v) is 4.41. The number of para-hydroxylation sites is 1. The van der Waals surface area contributed by atoms with Crippen LogP contribution >= 0.6 is 0 Å². The fraction of sp³-hybridized carbons (Fsp3) is 0.500. The summed E-state index contributed by atoms with van der Waals surface area (Å²) in [4.78, 5) is 0. The molecule has 0 saturated carbocycles. The zero-order valence-electron chi connectivity index (χ0n) is 11.5. The van der Waals surface area contributed by atoms with Gasteiger partial charge in [-0.3, -0.25) is 0 Å². The summed E-state index contributed by atoms with van der Waals surface area (Å²) in [6.45, 7) is 8.71. The Morgan fingerprint density at radius 2 is 2.06 bits per heavy atom. The molecule has 0 radical (unpaired) electrons. The maximum absolute atomic E-state index is 5.79. The van der Waals surface area contributed by atoms with Crippen LogP contribution in [0.4, 0.5) is 0 Å². The predicted molar refractivity (Wildman–Crippen MR) is 78.2 cm³/mol. The Labute approximate surface area is 111 Å². The first-order valence-electron chi connectivity index (χ1n) is 6.90. The van der Waals surface area contributed by atoms with E-state index in [1.807, 2.05) is 24.3 Å². The van der Waals surface area contributed by atoms with Crippen LogP contribution < -0.4 is 10.1 Å². The third kappa shape index (κ3) is 5.87. The van der Waals surface area contributed by atoms with E-state index in [0.717, 1.165) is 31.9 Å². The molecule has 0 bridgehead atoms. The number of allylic oxidation sites excluding steroid dienone is 1. The molecule has 0 fully saturated rings. The predicted octanol–water partition coefficient (Wildman–Crippen LogP) is 3.57. The monoisotopic (exact) mass is 247 g/mol. The van der Waals surface area contributed by atoms with Crippen LogP contribution in [0.1, 0.15) is 31.7 Å². The first-order valence-corrected chi connectivity index (χ1v) is 6.90. The summed E-state index contributed by atoms with van der Waals surface area (Å²) in [5.74, 6) is 0.979. The molecule has 2 heteroatoms. The Morgan fingerprint density at radius 1 is 1.22 bits per heavy atom. The lowest BCUT2D eigenvalue weighted by molar-refractivity contribution is 0.311. The van der Waals surface area contributed by atoms with Crippen LogP contribution in [0, 0.1) is 0 Å². The van der Waals surface area contributed by atoms with E-state index in [4.69, 9.17) is 4.74 Å². The average molecular weight is 247 g/mol. The van der Waals surface area contributed by atoms with Crippen molar-refractivity contribution in [3.8, 4) is 5.75 Å². The molecule has 100 valence electrons. The summed E-state index contributed by atoms with van der Waals surface area (Å²) < 4.78 is 5.79. The van der Waals surface area contributed by atoms with Crippen LogP contribution in [0.2, 0.25) is 0 Å². The Morgan fingerprint density at radius 3 is 2.83 bits per heavy atom. The van der Waals surface area contributed by atoms with Crippen molar-refractivity contribution in [3.63, 3.8) is 0 Å². The first-order chi connectivity index (χ1) is 8.88. The molecular formula is C16H25NO. The largest absolute Gasteiger partial charge is 0.492 e. The summed E-state index contributed by atoms with van der Waals surface area (Å²) >= 11 is 0. The standard InChI is InChI=1S/C16H25NO/c1-3-5-8-12-17-13-14-18-16-11-7-6-10-15(16)9-4-2/h4,6-7,10-11,17H,2-3,5,8-9,12-14H2,1H3. The van der Waals surface area contributed by atoms with Crippen molar-refractivity contribution in [2.75, 3.05) is 19.7 Å². The highest BCUT2D eigenvalue weighted by Gasteiger charge is 2.00. The second-order valence-electron chi connectivity index (χ2n) is 4.41. The van der Waals surface area contributed by atoms with Gasteiger partial charge in [0.05, 0.1) is 0 Å². The molecule has 1 N–H and O–H groups in total. The number of hydrogen-bond acceptors (Lipinski definition) is 2. The molecule has 0 aliphatic carbocycles. The highest BCUT2D eigenvalue weighted by atomic mass is 16.5. The normalized spacial score (nSPS) is 10.3. The highest BCUT2D eigenvalue weighted by Crippen LogP contribution is 2.18. The summed E-state index contributed by atoms with van der Waals surface area (Å²) in [7, 11) is 0. The van der Waals surface area contributed by atoms with Gasteiger partial charge < -0.3 is 10.1 Å². The number of rotatable bonds is 10. The van der Waals surface area contributed by atoms with E-state index in [1.165, 1.54) is 24.8 Å². The van der Waals surface area contributed by atoms with Gasteiger partial charge in [0.15, 0.2) is 0 Å². The molecule has 1 rings (SSSR count). The summed E-state index contributed by atoms with van der Waals surface area (Å²) in [6, 6.07) is 8.16. The first kappa shape index (κ1) is 14.8. The topological polar surface area (TPSA) is 21.3 Å². The van der Waals surface area contributed by atoms with E-state index in [2.05, 4.69) is 24.9 Å². The zero-order chi connectivity index (χ0) is 13.1. The van der Waals surface area contributed by atoms with Crippen molar-refractivity contribution in [1.29, 1.82) is 0 Å².